The van der Waals surface area contributed by atoms with E-state index in [1.807, 2.05) is 97.1 Å². The molecule has 0 saturated heterocycles. The molecule has 6 nitrogen and oxygen atoms in total. The molecular weight excluding hydrogens is 615 g/mol. The Morgan fingerprint density at radius 1 is 0.932 bits per heavy atom. The van der Waals surface area contributed by atoms with Crippen molar-refractivity contribution in [3.8, 4) is 5.75 Å². The molecule has 0 fully saturated rings. The summed E-state index contributed by atoms with van der Waals surface area (Å²) in [4.78, 5) is 32.9. The minimum absolute atomic E-state index is 0.182. The summed E-state index contributed by atoms with van der Waals surface area (Å²) in [5.41, 5.74) is 3.76. The Balaban J connectivity index is 1.43. The van der Waals surface area contributed by atoms with Gasteiger partial charge in [-0.05, 0) is 66.1 Å². The van der Waals surface area contributed by atoms with E-state index in [1.165, 1.54) is 11.3 Å². The second-order valence-electron chi connectivity index (χ2n) is 9.97. The smallest absolute Gasteiger partial charge is 0.338 e. The van der Waals surface area contributed by atoms with Gasteiger partial charge in [0.25, 0.3) is 5.56 Å². The predicted octanol–water partition coefficient (Wildman–Crippen LogP) is 6.82. The van der Waals surface area contributed by atoms with Gasteiger partial charge in [-0.25, -0.2) is 9.79 Å². The van der Waals surface area contributed by atoms with E-state index in [9.17, 15) is 9.59 Å². The molecule has 2 heterocycles. The van der Waals surface area contributed by atoms with Gasteiger partial charge in [-0.15, -0.1) is 0 Å². The number of halogens is 2. The highest BCUT2D eigenvalue weighted by Crippen LogP contribution is 2.35. The Kier molecular flexibility index (Phi) is 8.79. The van der Waals surface area contributed by atoms with Crippen molar-refractivity contribution in [2.75, 3.05) is 6.61 Å². The normalized spacial score (nSPS) is 14.6. The Bertz CT molecular complexity index is 2030. The average molecular weight is 642 g/mol. The van der Waals surface area contributed by atoms with Crippen LogP contribution in [0.4, 0.5) is 0 Å². The molecule has 0 bridgehead atoms. The van der Waals surface area contributed by atoms with Crippen LogP contribution in [0.5, 0.6) is 5.75 Å². The number of hydrogen-bond donors (Lipinski definition) is 0. The number of thiazole rings is 1. The van der Waals surface area contributed by atoms with Crippen molar-refractivity contribution in [3.63, 3.8) is 0 Å². The zero-order chi connectivity index (χ0) is 30.6. The molecule has 220 valence electrons. The molecular formula is C35H26Cl2N2O4S. The van der Waals surface area contributed by atoms with Crippen LogP contribution in [0.1, 0.15) is 35.2 Å². The molecule has 1 aromatic heterocycles. The molecule has 4 aromatic carbocycles. The van der Waals surface area contributed by atoms with E-state index >= 15 is 0 Å². The van der Waals surface area contributed by atoms with Crippen molar-refractivity contribution in [2.24, 2.45) is 4.99 Å². The van der Waals surface area contributed by atoms with Gasteiger partial charge in [0.15, 0.2) is 4.80 Å². The van der Waals surface area contributed by atoms with Gasteiger partial charge in [-0.1, -0.05) is 101 Å². The standard InChI is InChI=1S/C35H26Cl2N2O4S/c1-2-42-34(41)30-31(24-8-4-3-5-9-24)38-35-39(32(30)25-13-15-26(36)16-14-25)33(40)29(44-35)20-22-11-17-28(18-12-22)43-21-23-7-6-10-27(37)19-23/h3-20,32H,2,21H2,1H3/b29-20-/t32-/m0/s1. The summed E-state index contributed by atoms with van der Waals surface area (Å²) in [7, 11) is 0. The van der Waals surface area contributed by atoms with E-state index in [1.54, 1.807) is 23.6 Å². The molecule has 0 amide bonds. The highest BCUT2D eigenvalue weighted by Gasteiger charge is 2.35. The van der Waals surface area contributed by atoms with E-state index in [-0.39, 0.29) is 12.2 Å². The van der Waals surface area contributed by atoms with Crippen LogP contribution in [-0.2, 0) is 16.1 Å². The summed E-state index contributed by atoms with van der Waals surface area (Å²) in [6.07, 6.45) is 1.82. The summed E-state index contributed by atoms with van der Waals surface area (Å²) in [6, 6.07) is 30.8. The van der Waals surface area contributed by atoms with Crippen molar-refractivity contribution in [1.29, 1.82) is 0 Å². The molecule has 0 spiro atoms. The number of hydrogen-bond acceptors (Lipinski definition) is 6. The minimum Gasteiger partial charge on any atom is -0.489 e. The fourth-order valence-electron chi connectivity index (χ4n) is 5.01. The molecule has 1 aliphatic rings. The van der Waals surface area contributed by atoms with Crippen molar-refractivity contribution in [3.05, 3.63) is 161 Å². The summed E-state index contributed by atoms with van der Waals surface area (Å²) >= 11 is 13.6. The Labute approximate surface area is 267 Å². The molecule has 0 radical (unpaired) electrons. The van der Waals surface area contributed by atoms with Gasteiger partial charge in [-0.2, -0.15) is 0 Å². The first-order chi connectivity index (χ1) is 21.4. The SMILES string of the molecule is CCOC(=O)C1=C(c2ccccc2)N=c2s/c(=C\c3ccc(OCc4cccc(Cl)c4)cc3)c(=O)n2[C@H]1c1ccc(Cl)cc1. The maximum absolute atomic E-state index is 14.0. The van der Waals surface area contributed by atoms with Crippen LogP contribution < -0.4 is 19.6 Å². The zero-order valence-electron chi connectivity index (χ0n) is 23.6. The molecule has 44 heavy (non-hydrogen) atoms. The number of fused-ring (bicyclic) bond motifs is 1. The number of carbonyl (C=O) groups excluding carboxylic acids is 1. The number of aromatic nitrogens is 1. The third-order valence-corrected chi connectivity index (χ3v) is 8.50. The van der Waals surface area contributed by atoms with Crippen molar-refractivity contribution < 1.29 is 14.3 Å². The van der Waals surface area contributed by atoms with E-state index < -0.39 is 12.0 Å². The highest BCUT2D eigenvalue weighted by atomic mass is 35.5. The summed E-state index contributed by atoms with van der Waals surface area (Å²) < 4.78 is 13.5. The molecule has 0 aliphatic carbocycles. The lowest BCUT2D eigenvalue weighted by Crippen LogP contribution is -2.40. The van der Waals surface area contributed by atoms with Crippen molar-refractivity contribution in [2.45, 2.75) is 19.6 Å². The highest BCUT2D eigenvalue weighted by molar-refractivity contribution is 7.07. The van der Waals surface area contributed by atoms with E-state index in [0.717, 1.165) is 22.3 Å². The van der Waals surface area contributed by atoms with E-state index in [4.69, 9.17) is 37.7 Å². The van der Waals surface area contributed by atoms with Gasteiger partial charge in [-0.3, -0.25) is 9.36 Å². The maximum atomic E-state index is 14.0. The number of benzene rings is 4. The van der Waals surface area contributed by atoms with Gasteiger partial charge < -0.3 is 9.47 Å². The summed E-state index contributed by atoms with van der Waals surface area (Å²) in [5.74, 6) is 0.163. The molecule has 1 aliphatic heterocycles. The molecule has 1 atom stereocenters. The fourth-order valence-corrected chi connectivity index (χ4v) is 6.35. The van der Waals surface area contributed by atoms with Crippen LogP contribution in [-0.4, -0.2) is 17.1 Å². The third-order valence-electron chi connectivity index (χ3n) is 7.03. The van der Waals surface area contributed by atoms with E-state index in [0.29, 0.717) is 43.0 Å². The first kappa shape index (κ1) is 29.6. The lowest BCUT2D eigenvalue weighted by Gasteiger charge is -2.25. The molecule has 9 heteroatoms. The molecule has 5 aromatic rings. The lowest BCUT2D eigenvalue weighted by atomic mass is 9.93. The maximum Gasteiger partial charge on any atom is 0.338 e. The number of rotatable bonds is 8. The van der Waals surface area contributed by atoms with Crippen LogP contribution in [0.15, 0.2) is 118 Å². The molecule has 6 rings (SSSR count). The first-order valence-corrected chi connectivity index (χ1v) is 15.5. The third kappa shape index (κ3) is 6.26. The minimum atomic E-state index is -0.762. The zero-order valence-corrected chi connectivity index (χ0v) is 25.9. The monoisotopic (exact) mass is 640 g/mol. The molecule has 0 unspecified atom stereocenters. The van der Waals surface area contributed by atoms with Crippen LogP contribution in [0.2, 0.25) is 10.0 Å². The van der Waals surface area contributed by atoms with E-state index in [2.05, 4.69) is 0 Å². The first-order valence-electron chi connectivity index (χ1n) is 13.9. The largest absolute Gasteiger partial charge is 0.489 e. The van der Waals surface area contributed by atoms with Gasteiger partial charge >= 0.3 is 5.97 Å². The Morgan fingerprint density at radius 2 is 1.68 bits per heavy atom. The van der Waals surface area contributed by atoms with Gasteiger partial charge in [0.1, 0.15) is 12.4 Å². The van der Waals surface area contributed by atoms with Gasteiger partial charge in [0.2, 0.25) is 0 Å². The van der Waals surface area contributed by atoms with Crippen molar-refractivity contribution >= 4 is 52.3 Å². The molecule has 0 N–H and O–H groups in total. The number of esters is 1. The lowest BCUT2D eigenvalue weighted by molar-refractivity contribution is -0.138. The average Bonchev–Trinajstić information content (AvgIpc) is 3.35. The van der Waals surface area contributed by atoms with Gasteiger partial charge in [0.05, 0.1) is 28.5 Å². The Morgan fingerprint density at radius 3 is 2.39 bits per heavy atom. The topological polar surface area (TPSA) is 69.9 Å². The van der Waals surface area contributed by atoms with Gasteiger partial charge in [0, 0.05) is 15.6 Å². The van der Waals surface area contributed by atoms with Crippen LogP contribution >= 0.6 is 34.5 Å². The fraction of sp³-hybridized carbons (Fsp3) is 0.114. The summed E-state index contributed by atoms with van der Waals surface area (Å²) in [5, 5.41) is 1.21. The van der Waals surface area contributed by atoms with Crippen LogP contribution in [0.3, 0.4) is 0 Å². The summed E-state index contributed by atoms with van der Waals surface area (Å²) in [6.45, 7) is 2.32. The molecule has 0 saturated carbocycles. The number of ether oxygens (including phenoxy) is 2. The Hall–Kier alpha value is -4.43. The number of nitrogens with zero attached hydrogens (tertiary/aromatic N) is 2. The van der Waals surface area contributed by atoms with Crippen molar-refractivity contribution in [1.82, 2.24) is 4.57 Å². The number of carbonyl (C=O) groups is 1. The quantitative estimate of drug-likeness (QED) is 0.175. The van der Waals surface area contributed by atoms with Crippen LogP contribution in [0.25, 0.3) is 11.8 Å². The predicted molar refractivity (Wildman–Crippen MR) is 175 cm³/mol. The second-order valence-corrected chi connectivity index (χ2v) is 11.9. The van der Waals surface area contributed by atoms with Crippen LogP contribution in [0, 0.1) is 0 Å². The second kappa shape index (κ2) is 13.1.